The minimum absolute atomic E-state index is 0.0288. The van der Waals surface area contributed by atoms with Crippen molar-refractivity contribution in [3.8, 4) is 0 Å². The van der Waals surface area contributed by atoms with E-state index < -0.39 is 24.3 Å². The zero-order valence-electron chi connectivity index (χ0n) is 13.3. The normalized spacial score (nSPS) is 10.4. The second-order valence-corrected chi connectivity index (χ2v) is 5.94. The molecule has 1 N–H and O–H groups in total. The summed E-state index contributed by atoms with van der Waals surface area (Å²) in [5.41, 5.74) is -0.448. The van der Waals surface area contributed by atoms with Crippen molar-refractivity contribution in [3.05, 3.63) is 56.7 Å². The van der Waals surface area contributed by atoms with Gasteiger partial charge in [-0.05, 0) is 30.7 Å². The second-order valence-electron chi connectivity index (χ2n) is 5.03. The summed E-state index contributed by atoms with van der Waals surface area (Å²) in [6.07, 6.45) is 0.673. The Hall–Kier alpha value is -2.55. The van der Waals surface area contributed by atoms with Gasteiger partial charge in [0.1, 0.15) is 5.82 Å². The molecule has 1 amide bonds. The zero-order chi connectivity index (χ0) is 18.4. The molecule has 0 aliphatic heterocycles. The number of aromatic nitrogens is 2. The van der Waals surface area contributed by atoms with Gasteiger partial charge in [-0.15, -0.1) is 0 Å². The molecule has 7 nitrogen and oxygen atoms in total. The Labute approximate surface area is 150 Å². The maximum absolute atomic E-state index is 13.6. The van der Waals surface area contributed by atoms with E-state index in [2.05, 4.69) is 26.3 Å². The van der Waals surface area contributed by atoms with Gasteiger partial charge in [-0.2, -0.15) is 5.10 Å². The SMILES string of the molecule is CCCn1nc(C(=O)OCC(=O)Nc2ccc(Br)cc2F)ccc1=O. The summed E-state index contributed by atoms with van der Waals surface area (Å²) in [5.74, 6) is -2.17. The van der Waals surface area contributed by atoms with Crippen molar-refractivity contribution in [2.24, 2.45) is 0 Å². The highest BCUT2D eigenvalue weighted by Crippen LogP contribution is 2.19. The number of rotatable bonds is 6. The Morgan fingerprint density at radius 2 is 2.08 bits per heavy atom. The van der Waals surface area contributed by atoms with Gasteiger partial charge < -0.3 is 10.1 Å². The Morgan fingerprint density at radius 1 is 1.32 bits per heavy atom. The highest BCUT2D eigenvalue weighted by molar-refractivity contribution is 9.10. The number of halogens is 2. The van der Waals surface area contributed by atoms with E-state index in [1.54, 1.807) is 6.07 Å². The van der Waals surface area contributed by atoms with E-state index in [0.29, 0.717) is 17.4 Å². The highest BCUT2D eigenvalue weighted by atomic mass is 79.9. The van der Waals surface area contributed by atoms with Gasteiger partial charge in [-0.25, -0.2) is 13.9 Å². The van der Waals surface area contributed by atoms with Crippen molar-refractivity contribution in [2.75, 3.05) is 11.9 Å². The van der Waals surface area contributed by atoms with Crippen LogP contribution in [0.4, 0.5) is 10.1 Å². The Morgan fingerprint density at radius 3 is 2.76 bits per heavy atom. The number of amides is 1. The monoisotopic (exact) mass is 411 g/mol. The summed E-state index contributed by atoms with van der Waals surface area (Å²) in [5, 5.41) is 6.18. The number of esters is 1. The summed E-state index contributed by atoms with van der Waals surface area (Å²) in [6.45, 7) is 1.62. The molecule has 25 heavy (non-hydrogen) atoms. The smallest absolute Gasteiger partial charge is 0.359 e. The topological polar surface area (TPSA) is 90.3 Å². The molecule has 132 valence electrons. The summed E-state index contributed by atoms with van der Waals surface area (Å²) in [4.78, 5) is 35.2. The van der Waals surface area contributed by atoms with E-state index in [1.165, 1.54) is 24.3 Å². The number of hydrogen-bond donors (Lipinski definition) is 1. The average Bonchev–Trinajstić information content (AvgIpc) is 2.57. The number of carbonyl (C=O) groups is 2. The number of benzene rings is 1. The fraction of sp³-hybridized carbons (Fsp3) is 0.250. The number of ether oxygens (including phenoxy) is 1. The molecule has 0 aliphatic rings. The molecule has 0 unspecified atom stereocenters. The van der Waals surface area contributed by atoms with Crippen LogP contribution in [0.5, 0.6) is 0 Å². The predicted octanol–water partition coefficient (Wildman–Crippen LogP) is 2.35. The van der Waals surface area contributed by atoms with Crippen molar-refractivity contribution in [1.29, 1.82) is 0 Å². The first kappa shape index (κ1) is 18.8. The van der Waals surface area contributed by atoms with Crippen molar-refractivity contribution in [3.63, 3.8) is 0 Å². The third-order valence-corrected chi connectivity index (χ3v) is 3.54. The number of nitrogens with zero attached hydrogens (tertiary/aromatic N) is 2. The standard InChI is InChI=1S/C16H15BrFN3O4/c1-2-7-21-15(23)6-5-13(20-21)16(24)25-9-14(22)19-12-4-3-10(17)8-11(12)18/h3-6,8H,2,7,9H2,1H3,(H,19,22). The van der Waals surface area contributed by atoms with E-state index in [4.69, 9.17) is 4.74 Å². The molecule has 0 saturated carbocycles. The quantitative estimate of drug-likeness (QED) is 0.736. The van der Waals surface area contributed by atoms with Crippen LogP contribution in [0.15, 0.2) is 39.6 Å². The fourth-order valence-corrected chi connectivity index (χ4v) is 2.25. The fourth-order valence-electron chi connectivity index (χ4n) is 1.91. The summed E-state index contributed by atoms with van der Waals surface area (Å²) < 4.78 is 20.1. The molecule has 1 heterocycles. The number of carbonyl (C=O) groups excluding carboxylic acids is 2. The van der Waals surface area contributed by atoms with Gasteiger partial charge in [-0.3, -0.25) is 9.59 Å². The molecule has 0 fully saturated rings. The largest absolute Gasteiger partial charge is 0.451 e. The van der Waals surface area contributed by atoms with Crippen molar-refractivity contribution < 1.29 is 18.7 Å². The molecular formula is C16H15BrFN3O4. The Kier molecular flexibility index (Phi) is 6.40. The van der Waals surface area contributed by atoms with Crippen LogP contribution < -0.4 is 10.9 Å². The van der Waals surface area contributed by atoms with Crippen LogP contribution in [0.1, 0.15) is 23.8 Å². The number of nitrogens with one attached hydrogen (secondary N) is 1. The first-order valence-corrected chi connectivity index (χ1v) is 8.20. The van der Waals surface area contributed by atoms with Crippen LogP contribution in [0, 0.1) is 5.82 Å². The number of hydrogen-bond acceptors (Lipinski definition) is 5. The summed E-state index contributed by atoms with van der Waals surface area (Å²) >= 11 is 3.11. The number of aryl methyl sites for hydroxylation is 1. The first-order chi connectivity index (χ1) is 11.9. The van der Waals surface area contributed by atoms with Gasteiger partial charge in [0, 0.05) is 17.1 Å². The first-order valence-electron chi connectivity index (χ1n) is 7.41. The van der Waals surface area contributed by atoms with Crippen molar-refractivity contribution in [1.82, 2.24) is 9.78 Å². The molecule has 2 aromatic rings. The van der Waals surface area contributed by atoms with Crippen LogP contribution in [0.25, 0.3) is 0 Å². The third-order valence-electron chi connectivity index (χ3n) is 3.05. The lowest BCUT2D eigenvalue weighted by molar-refractivity contribution is -0.119. The number of anilines is 1. The maximum atomic E-state index is 13.6. The van der Waals surface area contributed by atoms with Crippen LogP contribution in [-0.2, 0) is 16.1 Å². The van der Waals surface area contributed by atoms with Gasteiger partial charge in [0.05, 0.1) is 5.69 Å². The van der Waals surface area contributed by atoms with Crippen LogP contribution >= 0.6 is 15.9 Å². The predicted molar refractivity (Wildman–Crippen MR) is 91.8 cm³/mol. The van der Waals surface area contributed by atoms with E-state index in [1.807, 2.05) is 6.92 Å². The lowest BCUT2D eigenvalue weighted by Gasteiger charge is -2.08. The van der Waals surface area contributed by atoms with Crippen LogP contribution in [-0.4, -0.2) is 28.3 Å². The Balaban J connectivity index is 1.96. The van der Waals surface area contributed by atoms with Crippen LogP contribution in [0.3, 0.4) is 0 Å². The molecule has 2 rings (SSSR count). The minimum Gasteiger partial charge on any atom is -0.451 e. The van der Waals surface area contributed by atoms with Gasteiger partial charge in [-0.1, -0.05) is 22.9 Å². The molecule has 1 aromatic carbocycles. The van der Waals surface area contributed by atoms with Crippen molar-refractivity contribution in [2.45, 2.75) is 19.9 Å². The van der Waals surface area contributed by atoms with Gasteiger partial charge >= 0.3 is 5.97 Å². The minimum atomic E-state index is -0.851. The third kappa shape index (κ3) is 5.21. The maximum Gasteiger partial charge on any atom is 0.359 e. The molecule has 0 spiro atoms. The molecule has 0 saturated heterocycles. The second kappa shape index (κ2) is 8.52. The van der Waals surface area contributed by atoms with Gasteiger partial charge in [0.2, 0.25) is 0 Å². The lowest BCUT2D eigenvalue weighted by atomic mass is 10.3. The van der Waals surface area contributed by atoms with E-state index >= 15 is 0 Å². The van der Waals surface area contributed by atoms with E-state index in [-0.39, 0.29) is 16.9 Å². The van der Waals surface area contributed by atoms with Crippen LogP contribution in [0.2, 0.25) is 0 Å². The summed E-state index contributed by atoms with van der Waals surface area (Å²) in [7, 11) is 0. The molecule has 0 aliphatic carbocycles. The molecule has 0 radical (unpaired) electrons. The van der Waals surface area contributed by atoms with E-state index in [0.717, 1.165) is 4.68 Å². The van der Waals surface area contributed by atoms with E-state index in [9.17, 15) is 18.8 Å². The lowest BCUT2D eigenvalue weighted by Crippen LogP contribution is -2.26. The molecule has 9 heteroatoms. The molecule has 0 bridgehead atoms. The molecule has 0 atom stereocenters. The molecular weight excluding hydrogens is 397 g/mol. The average molecular weight is 412 g/mol. The van der Waals surface area contributed by atoms with Gasteiger partial charge in [0.25, 0.3) is 11.5 Å². The zero-order valence-corrected chi connectivity index (χ0v) is 14.9. The Bertz CT molecular complexity index is 854. The summed E-state index contributed by atoms with van der Waals surface area (Å²) in [6, 6.07) is 6.56. The van der Waals surface area contributed by atoms with Gasteiger partial charge in [0.15, 0.2) is 12.3 Å². The van der Waals surface area contributed by atoms with Crippen molar-refractivity contribution >= 4 is 33.5 Å². The highest BCUT2D eigenvalue weighted by Gasteiger charge is 2.14. The molecule has 1 aromatic heterocycles.